The molecule has 2 atom stereocenters. The normalized spacial score (nSPS) is 14.5. The second-order valence-corrected chi connectivity index (χ2v) is 4.08. The van der Waals surface area contributed by atoms with Crippen LogP contribution in [0.5, 0.6) is 0 Å². The highest BCUT2D eigenvalue weighted by Crippen LogP contribution is 2.19. The minimum Gasteiger partial charge on any atom is -0.369 e. The van der Waals surface area contributed by atoms with E-state index >= 15 is 0 Å². The molecule has 1 amide bonds. The van der Waals surface area contributed by atoms with Crippen LogP contribution >= 0.6 is 0 Å². The lowest BCUT2D eigenvalue weighted by atomic mass is 9.86. The topological polar surface area (TPSA) is 43.1 Å². The lowest BCUT2D eigenvalue weighted by Gasteiger charge is -2.19. The molecule has 0 aromatic heterocycles. The largest absolute Gasteiger partial charge is 0.369 e. The predicted octanol–water partition coefficient (Wildman–Crippen LogP) is 2.38. The third-order valence-corrected chi connectivity index (χ3v) is 2.99. The maximum absolute atomic E-state index is 11.3. The molecule has 0 saturated carbocycles. The van der Waals surface area contributed by atoms with Gasteiger partial charge in [-0.05, 0) is 17.9 Å². The molecule has 0 aliphatic heterocycles. The summed E-state index contributed by atoms with van der Waals surface area (Å²) in [4.78, 5) is 11.3. The molecule has 0 bridgehead atoms. The summed E-state index contributed by atoms with van der Waals surface area (Å²) in [7, 11) is 0. The van der Waals surface area contributed by atoms with Gasteiger partial charge in [0.15, 0.2) is 0 Å². The maximum Gasteiger partial charge on any atom is 0.221 e. The van der Waals surface area contributed by atoms with Gasteiger partial charge in [-0.15, -0.1) is 0 Å². The van der Waals surface area contributed by atoms with Gasteiger partial charge in [-0.25, -0.2) is 0 Å². The van der Waals surface area contributed by atoms with Crippen molar-refractivity contribution in [2.45, 2.75) is 26.7 Å². The summed E-state index contributed by atoms with van der Waals surface area (Å²) in [5, 5.41) is 0. The van der Waals surface area contributed by atoms with Gasteiger partial charge in [-0.1, -0.05) is 50.6 Å². The molecule has 0 aliphatic rings. The average Bonchev–Trinajstić information content (AvgIpc) is 2.26. The van der Waals surface area contributed by atoms with Crippen molar-refractivity contribution in [2.24, 2.45) is 17.6 Å². The molecule has 0 heterocycles. The van der Waals surface area contributed by atoms with Crippen LogP contribution < -0.4 is 5.73 Å². The third kappa shape index (κ3) is 3.39. The molecule has 1 rings (SSSR count). The van der Waals surface area contributed by atoms with Crippen molar-refractivity contribution in [1.82, 2.24) is 0 Å². The van der Waals surface area contributed by atoms with E-state index in [0.29, 0.717) is 5.92 Å². The molecule has 15 heavy (non-hydrogen) atoms. The Morgan fingerprint density at radius 1 is 1.33 bits per heavy atom. The minimum atomic E-state index is -0.187. The van der Waals surface area contributed by atoms with Crippen molar-refractivity contribution >= 4 is 5.91 Å². The van der Waals surface area contributed by atoms with Crippen molar-refractivity contribution in [3.8, 4) is 0 Å². The molecule has 2 N–H and O–H groups in total. The van der Waals surface area contributed by atoms with Crippen LogP contribution in [0.25, 0.3) is 0 Å². The first-order valence-electron chi connectivity index (χ1n) is 5.48. The summed E-state index contributed by atoms with van der Waals surface area (Å²) in [5.41, 5.74) is 6.60. The lowest BCUT2D eigenvalue weighted by molar-refractivity contribution is -0.123. The molecular formula is C13H19NO. The molecule has 1 aromatic carbocycles. The SMILES string of the molecule is CCC(C)C(Cc1ccccc1)C(N)=O. The highest BCUT2D eigenvalue weighted by molar-refractivity contribution is 5.77. The number of primary amides is 1. The summed E-state index contributed by atoms with van der Waals surface area (Å²) in [6, 6.07) is 10.0. The van der Waals surface area contributed by atoms with E-state index in [9.17, 15) is 4.79 Å². The Balaban J connectivity index is 2.71. The molecule has 0 saturated heterocycles. The Bertz CT molecular complexity index is 308. The van der Waals surface area contributed by atoms with Crippen LogP contribution in [0.3, 0.4) is 0 Å². The minimum absolute atomic E-state index is 0.0441. The smallest absolute Gasteiger partial charge is 0.221 e. The lowest BCUT2D eigenvalue weighted by Crippen LogP contribution is -2.30. The van der Waals surface area contributed by atoms with E-state index in [0.717, 1.165) is 12.8 Å². The summed E-state index contributed by atoms with van der Waals surface area (Å²) in [6.45, 7) is 4.17. The third-order valence-electron chi connectivity index (χ3n) is 2.99. The van der Waals surface area contributed by atoms with E-state index in [2.05, 4.69) is 13.8 Å². The van der Waals surface area contributed by atoms with Crippen LogP contribution in [-0.4, -0.2) is 5.91 Å². The number of hydrogen-bond donors (Lipinski definition) is 1. The van der Waals surface area contributed by atoms with Gasteiger partial charge in [0.05, 0.1) is 0 Å². The van der Waals surface area contributed by atoms with Gasteiger partial charge in [0.2, 0.25) is 5.91 Å². The van der Waals surface area contributed by atoms with Crippen molar-refractivity contribution in [2.75, 3.05) is 0 Å². The van der Waals surface area contributed by atoms with Gasteiger partial charge in [-0.2, -0.15) is 0 Å². The summed E-state index contributed by atoms with van der Waals surface area (Å²) in [6.07, 6.45) is 1.74. The van der Waals surface area contributed by atoms with Gasteiger partial charge in [-0.3, -0.25) is 4.79 Å². The second-order valence-electron chi connectivity index (χ2n) is 4.08. The molecule has 2 heteroatoms. The van der Waals surface area contributed by atoms with E-state index in [1.807, 2.05) is 30.3 Å². The fraction of sp³-hybridized carbons (Fsp3) is 0.462. The first-order valence-corrected chi connectivity index (χ1v) is 5.48. The van der Waals surface area contributed by atoms with Crippen LogP contribution in [0.15, 0.2) is 30.3 Å². The van der Waals surface area contributed by atoms with E-state index < -0.39 is 0 Å². The zero-order valence-corrected chi connectivity index (χ0v) is 9.44. The molecule has 2 nitrogen and oxygen atoms in total. The van der Waals surface area contributed by atoms with Crippen LogP contribution in [0.2, 0.25) is 0 Å². The van der Waals surface area contributed by atoms with Crippen molar-refractivity contribution < 1.29 is 4.79 Å². The van der Waals surface area contributed by atoms with Gasteiger partial charge in [0, 0.05) is 5.92 Å². The summed E-state index contributed by atoms with van der Waals surface area (Å²) in [5.74, 6) is 0.119. The van der Waals surface area contributed by atoms with Crippen LogP contribution in [0.4, 0.5) is 0 Å². The molecule has 0 fully saturated rings. The zero-order valence-electron chi connectivity index (χ0n) is 9.44. The van der Waals surface area contributed by atoms with E-state index in [1.165, 1.54) is 5.56 Å². The van der Waals surface area contributed by atoms with Gasteiger partial charge >= 0.3 is 0 Å². The van der Waals surface area contributed by atoms with E-state index in [-0.39, 0.29) is 11.8 Å². The van der Waals surface area contributed by atoms with Gasteiger partial charge in [0.1, 0.15) is 0 Å². The number of hydrogen-bond acceptors (Lipinski definition) is 1. The Morgan fingerprint density at radius 2 is 1.93 bits per heavy atom. The molecule has 2 unspecified atom stereocenters. The number of rotatable bonds is 5. The quantitative estimate of drug-likeness (QED) is 0.788. The molecule has 0 radical (unpaired) electrons. The molecular weight excluding hydrogens is 186 g/mol. The zero-order chi connectivity index (χ0) is 11.3. The van der Waals surface area contributed by atoms with Crippen LogP contribution in [0, 0.1) is 11.8 Å². The number of nitrogens with two attached hydrogens (primary N) is 1. The first kappa shape index (κ1) is 11.8. The Hall–Kier alpha value is -1.31. The Morgan fingerprint density at radius 3 is 2.40 bits per heavy atom. The second kappa shape index (κ2) is 5.54. The van der Waals surface area contributed by atoms with Crippen molar-refractivity contribution in [3.63, 3.8) is 0 Å². The number of amides is 1. The van der Waals surface area contributed by atoms with Crippen molar-refractivity contribution in [1.29, 1.82) is 0 Å². The summed E-state index contributed by atoms with van der Waals surface area (Å²) < 4.78 is 0. The molecule has 1 aromatic rings. The standard InChI is InChI=1S/C13H19NO/c1-3-10(2)12(13(14)15)9-11-7-5-4-6-8-11/h4-8,10,12H,3,9H2,1-2H3,(H2,14,15). The first-order chi connectivity index (χ1) is 7.15. The van der Waals surface area contributed by atoms with Gasteiger partial charge in [0.25, 0.3) is 0 Å². The highest BCUT2D eigenvalue weighted by Gasteiger charge is 2.21. The monoisotopic (exact) mass is 205 g/mol. The molecule has 82 valence electrons. The summed E-state index contributed by atoms with van der Waals surface area (Å²) >= 11 is 0. The van der Waals surface area contributed by atoms with E-state index in [4.69, 9.17) is 5.73 Å². The van der Waals surface area contributed by atoms with E-state index in [1.54, 1.807) is 0 Å². The molecule has 0 aliphatic carbocycles. The number of carbonyl (C=O) groups is 1. The number of benzene rings is 1. The predicted molar refractivity (Wildman–Crippen MR) is 62.3 cm³/mol. The maximum atomic E-state index is 11.3. The molecule has 0 spiro atoms. The highest BCUT2D eigenvalue weighted by atomic mass is 16.1. The Kier molecular flexibility index (Phi) is 4.35. The van der Waals surface area contributed by atoms with Crippen LogP contribution in [-0.2, 0) is 11.2 Å². The van der Waals surface area contributed by atoms with Gasteiger partial charge < -0.3 is 5.73 Å². The van der Waals surface area contributed by atoms with Crippen LogP contribution in [0.1, 0.15) is 25.8 Å². The van der Waals surface area contributed by atoms with Crippen molar-refractivity contribution in [3.05, 3.63) is 35.9 Å². The average molecular weight is 205 g/mol. The number of carbonyl (C=O) groups excluding carboxylic acids is 1. The fourth-order valence-corrected chi connectivity index (χ4v) is 1.73. The fourth-order valence-electron chi connectivity index (χ4n) is 1.73. The Labute approximate surface area is 91.5 Å².